The fourth-order valence-corrected chi connectivity index (χ4v) is 2.76. The van der Waals surface area contributed by atoms with Crippen molar-refractivity contribution < 1.29 is 14.3 Å². The van der Waals surface area contributed by atoms with Gasteiger partial charge in [-0.15, -0.1) is 0 Å². The number of carbonyl (C=O) groups excluding carboxylic acids is 2. The normalized spacial score (nSPS) is 18.9. The van der Waals surface area contributed by atoms with Crippen LogP contribution in [0.5, 0.6) is 0 Å². The van der Waals surface area contributed by atoms with E-state index in [4.69, 9.17) is 4.74 Å². The van der Waals surface area contributed by atoms with E-state index in [9.17, 15) is 9.59 Å². The van der Waals surface area contributed by atoms with Gasteiger partial charge in [0.1, 0.15) is 0 Å². The molecule has 1 unspecified atom stereocenters. The Bertz CT molecular complexity index is 320. The van der Waals surface area contributed by atoms with E-state index in [0.29, 0.717) is 19.2 Å². The fraction of sp³-hybridized carbons (Fsp3) is 0.867. The molecule has 0 saturated carbocycles. The molecule has 0 N–H and O–H groups in total. The lowest BCUT2D eigenvalue weighted by atomic mass is 10.00. The van der Waals surface area contributed by atoms with Gasteiger partial charge < -0.3 is 14.5 Å². The quantitative estimate of drug-likeness (QED) is 0.668. The molecule has 1 saturated heterocycles. The van der Waals surface area contributed by atoms with Crippen LogP contribution in [0, 0.1) is 0 Å². The molecule has 5 nitrogen and oxygen atoms in total. The molecular formula is C15H28N2O3. The Hall–Kier alpha value is -1.10. The van der Waals surface area contributed by atoms with Crippen LogP contribution in [0.3, 0.4) is 0 Å². The fourth-order valence-electron chi connectivity index (χ4n) is 2.76. The molecule has 0 aliphatic carbocycles. The van der Waals surface area contributed by atoms with Gasteiger partial charge in [0.2, 0.25) is 11.8 Å². The number of nitrogens with zero attached hydrogens (tertiary/aromatic N) is 2. The predicted octanol–water partition coefficient (Wildman–Crippen LogP) is 1.66. The van der Waals surface area contributed by atoms with E-state index in [1.165, 1.54) is 13.3 Å². The second-order valence-corrected chi connectivity index (χ2v) is 5.43. The molecule has 0 bridgehead atoms. The highest BCUT2D eigenvalue weighted by Gasteiger charge is 2.26. The minimum atomic E-state index is -0.0421. The van der Waals surface area contributed by atoms with Crippen LogP contribution >= 0.6 is 0 Å². The van der Waals surface area contributed by atoms with E-state index in [2.05, 4.69) is 6.92 Å². The van der Waals surface area contributed by atoms with Crippen molar-refractivity contribution in [3.63, 3.8) is 0 Å². The summed E-state index contributed by atoms with van der Waals surface area (Å²) in [7, 11) is 1.64. The third-order valence-corrected chi connectivity index (χ3v) is 3.97. The molecule has 1 rings (SSSR count). The lowest BCUT2D eigenvalue weighted by Gasteiger charge is -2.36. The van der Waals surface area contributed by atoms with Gasteiger partial charge in [-0.2, -0.15) is 0 Å². The van der Waals surface area contributed by atoms with E-state index in [1.807, 2.05) is 4.90 Å². The maximum Gasteiger partial charge on any atom is 0.242 e. The molecule has 0 aromatic carbocycles. The third kappa shape index (κ3) is 5.12. The average Bonchev–Trinajstić information content (AvgIpc) is 2.46. The van der Waals surface area contributed by atoms with Gasteiger partial charge in [0.15, 0.2) is 0 Å². The van der Waals surface area contributed by atoms with Crippen LogP contribution in [0.25, 0.3) is 0 Å². The number of rotatable bonds is 7. The number of piperidine rings is 1. The van der Waals surface area contributed by atoms with Gasteiger partial charge in [-0.25, -0.2) is 0 Å². The van der Waals surface area contributed by atoms with Crippen molar-refractivity contribution in [1.82, 2.24) is 9.80 Å². The van der Waals surface area contributed by atoms with E-state index < -0.39 is 0 Å². The van der Waals surface area contributed by atoms with Crippen molar-refractivity contribution in [2.24, 2.45) is 0 Å². The van der Waals surface area contributed by atoms with Crippen molar-refractivity contribution in [1.29, 1.82) is 0 Å². The summed E-state index contributed by atoms with van der Waals surface area (Å²) in [6.07, 6.45) is 5.13. The van der Waals surface area contributed by atoms with Crippen LogP contribution in [0.1, 0.15) is 46.0 Å². The monoisotopic (exact) mass is 284 g/mol. The van der Waals surface area contributed by atoms with Crippen molar-refractivity contribution in [2.45, 2.75) is 52.0 Å². The van der Waals surface area contributed by atoms with Crippen LogP contribution < -0.4 is 0 Å². The summed E-state index contributed by atoms with van der Waals surface area (Å²) in [5.41, 5.74) is 0. The molecule has 20 heavy (non-hydrogen) atoms. The molecule has 0 aromatic heterocycles. The Labute approximate surface area is 122 Å². The summed E-state index contributed by atoms with van der Waals surface area (Å²) in [6.45, 7) is 5.88. The average molecular weight is 284 g/mol. The highest BCUT2D eigenvalue weighted by molar-refractivity contribution is 5.84. The van der Waals surface area contributed by atoms with E-state index >= 15 is 0 Å². The summed E-state index contributed by atoms with van der Waals surface area (Å²) in [5.74, 6) is 0.0451. The molecule has 1 fully saturated rings. The number of hydrogen-bond donors (Lipinski definition) is 0. The van der Waals surface area contributed by atoms with Crippen molar-refractivity contribution in [3.05, 3.63) is 0 Å². The molecule has 1 aliphatic heterocycles. The zero-order valence-electron chi connectivity index (χ0n) is 13.1. The molecule has 0 spiro atoms. The molecule has 1 heterocycles. The Morgan fingerprint density at radius 2 is 2.10 bits per heavy atom. The summed E-state index contributed by atoms with van der Waals surface area (Å²) in [6, 6.07) is 0.351. The standard InChI is InChI=1S/C15H28N2O3/c1-4-14-8-5-6-10-17(14)15(19)12-16(13(2)18)9-7-11-20-3/h14H,4-12H2,1-3H3. The second-order valence-electron chi connectivity index (χ2n) is 5.43. The zero-order chi connectivity index (χ0) is 15.0. The van der Waals surface area contributed by atoms with Crippen LogP contribution in [-0.4, -0.2) is 61.0 Å². The van der Waals surface area contributed by atoms with E-state index in [0.717, 1.165) is 32.2 Å². The summed E-state index contributed by atoms with van der Waals surface area (Å²) >= 11 is 0. The maximum atomic E-state index is 12.4. The van der Waals surface area contributed by atoms with Gasteiger partial charge in [-0.1, -0.05) is 6.92 Å². The number of carbonyl (C=O) groups is 2. The molecule has 116 valence electrons. The lowest BCUT2D eigenvalue weighted by Crippen LogP contribution is -2.48. The summed E-state index contributed by atoms with van der Waals surface area (Å²) in [5, 5.41) is 0. The minimum absolute atomic E-state index is 0.0421. The largest absolute Gasteiger partial charge is 0.385 e. The Morgan fingerprint density at radius 3 is 2.70 bits per heavy atom. The van der Waals surface area contributed by atoms with Crippen molar-refractivity contribution >= 4 is 11.8 Å². The topological polar surface area (TPSA) is 49.9 Å². The van der Waals surface area contributed by atoms with Gasteiger partial charge in [-0.05, 0) is 32.1 Å². The van der Waals surface area contributed by atoms with Crippen LogP contribution in [-0.2, 0) is 14.3 Å². The predicted molar refractivity (Wildman–Crippen MR) is 78.4 cm³/mol. The Kier molecular flexibility index (Phi) is 7.59. The first kappa shape index (κ1) is 17.0. The smallest absolute Gasteiger partial charge is 0.242 e. The van der Waals surface area contributed by atoms with E-state index in [-0.39, 0.29) is 18.4 Å². The number of amides is 2. The number of hydrogen-bond acceptors (Lipinski definition) is 3. The van der Waals surface area contributed by atoms with Crippen LogP contribution in [0.2, 0.25) is 0 Å². The zero-order valence-corrected chi connectivity index (χ0v) is 13.1. The Balaban J connectivity index is 2.53. The van der Waals surface area contributed by atoms with Gasteiger partial charge in [-0.3, -0.25) is 9.59 Å². The Morgan fingerprint density at radius 1 is 1.35 bits per heavy atom. The van der Waals surface area contributed by atoms with Gasteiger partial charge in [0, 0.05) is 39.8 Å². The summed E-state index contributed by atoms with van der Waals surface area (Å²) < 4.78 is 4.99. The highest BCUT2D eigenvalue weighted by atomic mass is 16.5. The second kappa shape index (κ2) is 8.95. The van der Waals surface area contributed by atoms with Gasteiger partial charge in [0.05, 0.1) is 6.54 Å². The SMILES string of the molecule is CCC1CCCCN1C(=O)CN(CCCOC)C(C)=O. The minimum Gasteiger partial charge on any atom is -0.385 e. The van der Waals surface area contributed by atoms with Crippen LogP contribution in [0.4, 0.5) is 0 Å². The molecule has 1 atom stereocenters. The van der Waals surface area contributed by atoms with E-state index in [1.54, 1.807) is 12.0 Å². The molecule has 0 aromatic rings. The number of likely N-dealkylation sites (tertiary alicyclic amines) is 1. The molecule has 0 radical (unpaired) electrons. The summed E-state index contributed by atoms with van der Waals surface area (Å²) in [4.78, 5) is 27.6. The molecule has 2 amide bonds. The number of ether oxygens (including phenoxy) is 1. The maximum absolute atomic E-state index is 12.4. The van der Waals surface area contributed by atoms with Gasteiger partial charge in [0.25, 0.3) is 0 Å². The molecule has 1 aliphatic rings. The lowest BCUT2D eigenvalue weighted by molar-refractivity contribution is -0.142. The van der Waals surface area contributed by atoms with Crippen LogP contribution in [0.15, 0.2) is 0 Å². The van der Waals surface area contributed by atoms with Crippen molar-refractivity contribution in [2.75, 3.05) is 33.4 Å². The third-order valence-electron chi connectivity index (χ3n) is 3.97. The van der Waals surface area contributed by atoms with Crippen molar-refractivity contribution in [3.8, 4) is 0 Å². The number of methoxy groups -OCH3 is 1. The molecule has 5 heteroatoms. The first-order valence-corrected chi connectivity index (χ1v) is 7.64. The highest BCUT2D eigenvalue weighted by Crippen LogP contribution is 2.19. The first-order chi connectivity index (χ1) is 9.60. The first-order valence-electron chi connectivity index (χ1n) is 7.64. The molecular weight excluding hydrogens is 256 g/mol. The van der Waals surface area contributed by atoms with Gasteiger partial charge >= 0.3 is 0 Å².